The quantitative estimate of drug-likeness (QED) is 0.0254. The molecule has 0 radical (unpaired) electrons. The lowest BCUT2D eigenvalue weighted by Crippen LogP contribution is -2.24. The molecule has 5 aliphatic carbocycles. The molecular formula is C85H100N30O5. The van der Waals surface area contributed by atoms with Crippen LogP contribution >= 0.6 is 0 Å². The van der Waals surface area contributed by atoms with Gasteiger partial charge in [0.1, 0.15) is 59.9 Å². The van der Waals surface area contributed by atoms with Crippen molar-refractivity contribution in [3.8, 4) is 56.3 Å². The van der Waals surface area contributed by atoms with Crippen LogP contribution in [-0.2, 0) is 24.0 Å². The Morgan fingerprint density at radius 2 is 0.575 bits per heavy atom. The molecule has 0 bridgehead atoms. The molecule has 5 fully saturated rings. The number of fused-ring (bicyclic) bond motifs is 5. The van der Waals surface area contributed by atoms with E-state index in [-0.39, 0.29) is 50.5 Å². The summed E-state index contributed by atoms with van der Waals surface area (Å²) in [5.74, 6) is -9.36. The number of primary amides is 5. The predicted molar refractivity (Wildman–Crippen MR) is 450 cm³/mol. The third-order valence-electron chi connectivity index (χ3n) is 21.1. The molecule has 15 heterocycles. The van der Waals surface area contributed by atoms with E-state index in [1.807, 2.05) is 35.3 Å². The summed E-state index contributed by atoms with van der Waals surface area (Å²) in [4.78, 5) is 116. The van der Waals surface area contributed by atoms with Crippen LogP contribution in [0.1, 0.15) is 224 Å². The molecular weight excluding hydrogens is 1520 g/mol. The Balaban J connectivity index is 0.000000130. The monoisotopic (exact) mass is 1650 g/mol. The average molecular weight is 1650 g/mol. The molecule has 15 N–H and O–H groups in total. The van der Waals surface area contributed by atoms with Gasteiger partial charge in [-0.25, -0.2) is 49.8 Å². The van der Waals surface area contributed by atoms with E-state index in [0.717, 1.165) is 60.8 Å². The fraction of sp³-hybridized carbons (Fsp3) is 0.412. The predicted octanol–water partition coefficient (Wildman–Crippen LogP) is 12.1. The molecule has 5 amide bonds. The molecule has 0 aromatic carbocycles. The minimum Gasteiger partial charge on any atom is -0.370 e. The highest BCUT2D eigenvalue weighted by molar-refractivity contribution is 5.94. The molecule has 20 rings (SSSR count). The van der Waals surface area contributed by atoms with E-state index in [9.17, 15) is 24.0 Å². The lowest BCUT2D eigenvalue weighted by atomic mass is 9.95. The van der Waals surface area contributed by atoms with Gasteiger partial charge < -0.3 is 53.6 Å². The van der Waals surface area contributed by atoms with Crippen LogP contribution in [0.5, 0.6) is 0 Å². The summed E-state index contributed by atoms with van der Waals surface area (Å²) in [5.41, 5.74) is 36.5. The van der Waals surface area contributed by atoms with Crippen molar-refractivity contribution in [1.82, 2.24) is 124 Å². The normalized spacial score (nSPS) is 25.1. The fourth-order valence-electron chi connectivity index (χ4n) is 15.5. The summed E-state index contributed by atoms with van der Waals surface area (Å²) in [5, 5.41) is 25.4. The van der Waals surface area contributed by atoms with Crippen LogP contribution in [-0.4, -0.2) is 153 Å². The first-order valence-corrected chi connectivity index (χ1v) is 38.5. The molecule has 0 spiro atoms. The molecule has 5 atom stereocenters. The number of amides is 5. The summed E-state index contributed by atoms with van der Waals surface area (Å²) in [6, 6.07) is 4.64. The number of aromatic amines is 5. The number of aromatic nitrogens is 25. The van der Waals surface area contributed by atoms with Gasteiger partial charge in [-0.15, -0.1) is 0 Å². The van der Waals surface area contributed by atoms with E-state index < -0.39 is 161 Å². The van der Waals surface area contributed by atoms with Gasteiger partial charge in [-0.05, 0) is 124 Å². The van der Waals surface area contributed by atoms with E-state index in [1.54, 1.807) is 78.9 Å². The Hall–Kier alpha value is -13.5. The minimum atomic E-state index is -3.40. The minimum absolute atomic E-state index is 0.00268. The van der Waals surface area contributed by atoms with Crippen molar-refractivity contribution in [1.29, 1.82) is 0 Å². The number of nitrogens with zero attached hydrogens (tertiary/aromatic N) is 20. The van der Waals surface area contributed by atoms with Crippen LogP contribution in [0.2, 0.25) is 0 Å². The molecule has 35 nitrogen and oxygen atoms in total. The lowest BCUT2D eigenvalue weighted by molar-refractivity contribution is -0.120. The van der Waals surface area contributed by atoms with Crippen molar-refractivity contribution in [3.05, 3.63) is 155 Å². The van der Waals surface area contributed by atoms with Gasteiger partial charge in [-0.2, -0.15) is 25.5 Å². The van der Waals surface area contributed by atoms with Gasteiger partial charge in [0, 0.05) is 183 Å². The van der Waals surface area contributed by atoms with Crippen LogP contribution in [0.25, 0.3) is 111 Å². The van der Waals surface area contributed by atoms with Gasteiger partial charge in [-0.3, -0.25) is 47.4 Å². The Bertz CT molecular complexity index is 7230. The second kappa shape index (κ2) is 37.0. The summed E-state index contributed by atoms with van der Waals surface area (Å²) in [6.07, 6.45) is 1.87. The first-order chi connectivity index (χ1) is 67.9. The van der Waals surface area contributed by atoms with Crippen LogP contribution in [0.3, 0.4) is 0 Å². The SMILES string of the molecule is NC(=O)C[C@H](C1CCCC1)n1cc(-c2ncnc3[nH]ccc23)cn1.[2H]C1([2H])C([2H])([2H])C([2H])([2H])C([2H])([C@@H](CC(N)=O)n2cc(-c3ncnc4[nH]ccc34)cn2)C1([2H])[2H].[2H]C1([2H])C([C@@H](CC(N)=O)n2cc(-c3ncnc4[nH]ccc34)cn2)C([2H])([2H])C([2H])([2H])C1([2H])[2H].[2H]C1([2H])CC([C@@H](CC(N)=O)n2cc(-c3ncnc4[nH]ccc34)cn2)CC1([2H])[2H].[2H]C1([2H])CCC([2H])([2H])C1[C@@H](CC(N)=O)n1cc(-c2ncnc3[nH]ccc23)cn1. The van der Waals surface area contributed by atoms with E-state index >= 15 is 0 Å². The maximum absolute atomic E-state index is 11.9. The molecule has 0 saturated heterocycles. The molecule has 5 saturated carbocycles. The van der Waals surface area contributed by atoms with E-state index in [4.69, 9.17) is 62.9 Å². The first kappa shape index (κ1) is 55.2. The molecule has 0 aliphatic heterocycles. The van der Waals surface area contributed by atoms with Crippen molar-refractivity contribution < 1.29 is 58.2 Å². The van der Waals surface area contributed by atoms with E-state index in [0.29, 0.717) is 85.2 Å². The molecule has 120 heavy (non-hydrogen) atoms. The van der Waals surface area contributed by atoms with Gasteiger partial charge >= 0.3 is 0 Å². The molecule has 35 heteroatoms. The standard InChI is InChI=1S/5C17H20N6O/c5*18-15(24)7-14(11-3-1-2-4-11)23-9-12(8-22-23)16-13-5-6-19-17(13)21-10-20-16/h5*5-6,8-11,14H,1-4,7H2,(H2,18,24)(H,19,20,21)/t5*14-/m11111/s1/i1D2,2D2,3D2,4D2,11D;1D2,2D2,3D2,4D2;3D2,4D2;1D2,2D2;. The molecule has 0 unspecified atom stereocenters. The number of carbonyl (C=O) groups excluding carboxylic acids is 5. The average Bonchev–Trinajstić information content (AvgIpc) is 1.49. The van der Waals surface area contributed by atoms with Crippen LogP contribution < -0.4 is 28.7 Å². The van der Waals surface area contributed by atoms with Crippen molar-refractivity contribution >= 4 is 84.7 Å². The summed E-state index contributed by atoms with van der Waals surface area (Å²) < 4.78 is 212. The maximum Gasteiger partial charge on any atom is 0.219 e. The number of carbonyl (C=O) groups is 5. The Labute approximate surface area is 724 Å². The zero-order chi connectivity index (χ0) is 105. The fourth-order valence-corrected chi connectivity index (χ4v) is 15.5. The number of hydrogen-bond donors (Lipinski definition) is 10. The molecule has 620 valence electrons. The second-order valence-electron chi connectivity index (χ2n) is 28.9. The second-order valence-corrected chi connectivity index (χ2v) is 28.9. The van der Waals surface area contributed by atoms with Gasteiger partial charge in [0.25, 0.3) is 0 Å². The highest BCUT2D eigenvalue weighted by Crippen LogP contribution is 2.43. The summed E-state index contributed by atoms with van der Waals surface area (Å²) in [6.45, 7) is 0. The van der Waals surface area contributed by atoms with Crippen molar-refractivity contribution in [2.75, 3.05) is 0 Å². The number of rotatable bonds is 25. The smallest absolute Gasteiger partial charge is 0.219 e. The van der Waals surface area contributed by atoms with E-state index in [2.05, 4.69) is 100 Å². The van der Waals surface area contributed by atoms with Crippen LogP contribution in [0, 0.1) is 29.6 Å². The van der Waals surface area contributed by atoms with Gasteiger partial charge in [0.2, 0.25) is 29.5 Å². The topological polar surface area (TPSA) is 512 Å². The van der Waals surface area contributed by atoms with Crippen LogP contribution in [0.15, 0.2) is 155 Å². The highest BCUT2D eigenvalue weighted by Gasteiger charge is 2.35. The van der Waals surface area contributed by atoms with Gasteiger partial charge in [0.05, 0.1) is 89.7 Å². The largest absolute Gasteiger partial charge is 0.370 e. The maximum atomic E-state index is 11.9. The summed E-state index contributed by atoms with van der Waals surface area (Å²) >= 11 is 0. The molecule has 15 aromatic heterocycles. The summed E-state index contributed by atoms with van der Waals surface area (Å²) in [7, 11) is 0. The first-order valence-electron chi connectivity index (χ1n) is 51.0. The van der Waals surface area contributed by atoms with Crippen molar-refractivity contribution in [2.45, 2.75) is 190 Å². The van der Waals surface area contributed by atoms with E-state index in [1.165, 1.54) is 67.6 Å². The zero-order valence-corrected chi connectivity index (χ0v) is 64.2. The number of hydrogen-bond acceptors (Lipinski definition) is 20. The number of nitrogens with two attached hydrogens (primary N) is 5. The third-order valence-corrected chi connectivity index (χ3v) is 21.1. The van der Waals surface area contributed by atoms with Gasteiger partial charge in [-0.1, -0.05) is 63.9 Å². The van der Waals surface area contributed by atoms with Crippen molar-refractivity contribution in [3.63, 3.8) is 0 Å². The Morgan fingerprint density at radius 1 is 0.325 bits per heavy atom. The van der Waals surface area contributed by atoms with Gasteiger partial charge in [0.15, 0.2) is 0 Å². The molecule has 15 aromatic rings. The van der Waals surface area contributed by atoms with Crippen molar-refractivity contribution in [2.24, 2.45) is 58.2 Å². The number of nitrogens with one attached hydrogen (secondary N) is 5. The zero-order valence-electron chi connectivity index (χ0n) is 89.2. The number of H-pyrrole nitrogens is 5. The lowest BCUT2D eigenvalue weighted by Gasteiger charge is -2.22. The Kier molecular flexibility index (Phi) is 17.0. The molecule has 5 aliphatic rings. The highest BCUT2D eigenvalue weighted by atomic mass is 16.2. The van der Waals surface area contributed by atoms with Crippen LogP contribution in [0.4, 0.5) is 0 Å². The third kappa shape index (κ3) is 18.4. The Morgan fingerprint density at radius 3 is 0.867 bits per heavy atom.